The average molecular weight is 330 g/mol. The minimum atomic E-state index is -0.155. The molecule has 2 bridgehead atoms. The van der Waals surface area contributed by atoms with Gasteiger partial charge in [0.05, 0.1) is 0 Å². The van der Waals surface area contributed by atoms with Crippen molar-refractivity contribution in [1.82, 2.24) is 9.80 Å². The third-order valence-corrected chi connectivity index (χ3v) is 6.28. The highest BCUT2D eigenvalue weighted by molar-refractivity contribution is 5.79. The maximum absolute atomic E-state index is 13.6. The number of halogens is 1. The molecule has 24 heavy (non-hydrogen) atoms. The highest BCUT2D eigenvalue weighted by atomic mass is 19.1. The minimum Gasteiger partial charge on any atom is -0.341 e. The summed E-state index contributed by atoms with van der Waals surface area (Å²) in [6.07, 6.45) is 5.75. The van der Waals surface area contributed by atoms with Gasteiger partial charge in [-0.15, -0.1) is 0 Å². The molecule has 1 aromatic carbocycles. The summed E-state index contributed by atoms with van der Waals surface area (Å²) in [6, 6.07) is 5.50. The third-order valence-electron chi connectivity index (χ3n) is 6.28. The molecule has 1 saturated carbocycles. The van der Waals surface area contributed by atoms with Crippen LogP contribution in [0.5, 0.6) is 0 Å². The van der Waals surface area contributed by atoms with Crippen molar-refractivity contribution in [2.75, 3.05) is 19.6 Å². The molecule has 4 aliphatic rings. The van der Waals surface area contributed by atoms with Gasteiger partial charge in [0.25, 0.3) is 0 Å². The second-order valence-electron chi connectivity index (χ2n) is 7.97. The fourth-order valence-corrected chi connectivity index (χ4v) is 4.50. The number of aryl methyl sites for hydroxylation is 1. The van der Waals surface area contributed by atoms with Crippen molar-refractivity contribution in [1.29, 1.82) is 0 Å². The molecular formula is C20H27FN2O. The van der Waals surface area contributed by atoms with Crippen molar-refractivity contribution < 1.29 is 9.18 Å². The van der Waals surface area contributed by atoms with E-state index in [1.165, 1.54) is 18.9 Å². The van der Waals surface area contributed by atoms with Crippen molar-refractivity contribution in [3.63, 3.8) is 0 Å². The second-order valence-corrected chi connectivity index (χ2v) is 7.97. The SMILES string of the molecule is Cc1ccc(F)cc1CN1C[C@H]2CC[C@@H]1CN(C(=O)C1CCC1)C2. The summed E-state index contributed by atoms with van der Waals surface area (Å²) in [7, 11) is 0. The van der Waals surface area contributed by atoms with Gasteiger partial charge in [-0.25, -0.2) is 4.39 Å². The predicted octanol–water partition coefficient (Wildman–Crippen LogP) is 3.36. The summed E-state index contributed by atoms with van der Waals surface area (Å²) < 4.78 is 13.6. The van der Waals surface area contributed by atoms with Crippen molar-refractivity contribution in [3.8, 4) is 0 Å². The van der Waals surface area contributed by atoms with E-state index in [1.54, 1.807) is 6.07 Å². The van der Waals surface area contributed by atoms with Crippen LogP contribution in [0.4, 0.5) is 4.39 Å². The molecule has 0 unspecified atom stereocenters. The maximum Gasteiger partial charge on any atom is 0.225 e. The van der Waals surface area contributed by atoms with Crippen molar-refractivity contribution >= 4 is 5.91 Å². The Morgan fingerprint density at radius 1 is 1.17 bits per heavy atom. The van der Waals surface area contributed by atoms with E-state index in [9.17, 15) is 9.18 Å². The Balaban J connectivity index is 1.48. The number of nitrogens with zero attached hydrogens (tertiary/aromatic N) is 2. The predicted molar refractivity (Wildman–Crippen MR) is 92.0 cm³/mol. The van der Waals surface area contributed by atoms with Crippen LogP contribution in [-0.2, 0) is 11.3 Å². The van der Waals surface area contributed by atoms with Crippen LogP contribution < -0.4 is 0 Å². The van der Waals surface area contributed by atoms with Crippen molar-refractivity contribution in [2.45, 2.75) is 51.6 Å². The molecule has 1 aromatic rings. The molecule has 0 aromatic heterocycles. The number of carbonyl (C=O) groups is 1. The Labute approximate surface area is 143 Å². The molecule has 1 aliphatic carbocycles. The van der Waals surface area contributed by atoms with Crippen LogP contribution in [0.1, 0.15) is 43.2 Å². The molecule has 0 spiro atoms. The number of hydrogen-bond acceptors (Lipinski definition) is 2. The molecule has 4 heteroatoms. The Morgan fingerprint density at radius 2 is 2.00 bits per heavy atom. The molecule has 3 nitrogen and oxygen atoms in total. The first kappa shape index (κ1) is 16.1. The second kappa shape index (κ2) is 6.47. The quantitative estimate of drug-likeness (QED) is 0.848. The van der Waals surface area contributed by atoms with E-state index in [0.29, 0.717) is 23.8 Å². The van der Waals surface area contributed by atoms with Gasteiger partial charge in [0, 0.05) is 38.1 Å². The van der Waals surface area contributed by atoms with Gasteiger partial charge in [0.1, 0.15) is 5.82 Å². The van der Waals surface area contributed by atoms with E-state index < -0.39 is 0 Å². The van der Waals surface area contributed by atoms with Gasteiger partial charge in [0.15, 0.2) is 0 Å². The highest BCUT2D eigenvalue weighted by Crippen LogP contribution is 2.33. The van der Waals surface area contributed by atoms with E-state index >= 15 is 0 Å². The van der Waals surface area contributed by atoms with Crippen LogP contribution in [0.15, 0.2) is 18.2 Å². The number of hydrogen-bond donors (Lipinski definition) is 0. The van der Waals surface area contributed by atoms with Gasteiger partial charge < -0.3 is 4.90 Å². The summed E-state index contributed by atoms with van der Waals surface area (Å²) in [5.41, 5.74) is 2.23. The van der Waals surface area contributed by atoms with Gasteiger partial charge in [-0.05, 0) is 61.8 Å². The smallest absolute Gasteiger partial charge is 0.225 e. The molecule has 0 radical (unpaired) electrons. The average Bonchev–Trinajstić information content (AvgIpc) is 2.81. The van der Waals surface area contributed by atoms with Gasteiger partial charge in [-0.2, -0.15) is 0 Å². The minimum absolute atomic E-state index is 0.155. The van der Waals surface area contributed by atoms with Crippen LogP contribution >= 0.6 is 0 Å². The first-order chi connectivity index (χ1) is 11.6. The van der Waals surface area contributed by atoms with E-state index in [0.717, 1.165) is 56.6 Å². The molecule has 3 saturated heterocycles. The zero-order chi connectivity index (χ0) is 16.7. The van der Waals surface area contributed by atoms with E-state index in [2.05, 4.69) is 16.7 Å². The van der Waals surface area contributed by atoms with E-state index in [-0.39, 0.29) is 5.82 Å². The Hall–Kier alpha value is -1.42. The monoisotopic (exact) mass is 330 g/mol. The number of carbonyl (C=O) groups excluding carboxylic acids is 1. The van der Waals surface area contributed by atoms with Gasteiger partial charge in [0.2, 0.25) is 5.91 Å². The summed E-state index contributed by atoms with van der Waals surface area (Å²) in [5, 5.41) is 0. The van der Waals surface area contributed by atoms with Crippen LogP contribution in [0.2, 0.25) is 0 Å². The molecule has 2 atom stereocenters. The standard InChI is InChI=1S/C20H27FN2O/c1-14-5-7-18(21)9-17(14)12-22-10-15-6-8-19(22)13-23(11-15)20(24)16-3-2-4-16/h5,7,9,15-16,19H,2-4,6,8,10-13H2,1H3/t15-,19-/m1/s1. The Morgan fingerprint density at radius 3 is 2.75 bits per heavy atom. The molecule has 3 aliphatic heterocycles. The molecule has 130 valence electrons. The van der Waals surface area contributed by atoms with Crippen LogP contribution in [0, 0.1) is 24.6 Å². The molecule has 4 fully saturated rings. The summed E-state index contributed by atoms with van der Waals surface area (Å²) in [4.78, 5) is 17.3. The molecular weight excluding hydrogens is 303 g/mol. The Kier molecular flexibility index (Phi) is 4.33. The maximum atomic E-state index is 13.6. The fraction of sp³-hybridized carbons (Fsp3) is 0.650. The highest BCUT2D eigenvalue weighted by Gasteiger charge is 2.39. The van der Waals surface area contributed by atoms with Crippen LogP contribution in [0.25, 0.3) is 0 Å². The number of piperidine rings is 1. The lowest BCUT2D eigenvalue weighted by molar-refractivity contribution is -0.138. The summed E-state index contributed by atoms with van der Waals surface area (Å²) >= 11 is 0. The fourth-order valence-electron chi connectivity index (χ4n) is 4.50. The van der Waals surface area contributed by atoms with Crippen molar-refractivity contribution in [2.24, 2.45) is 11.8 Å². The van der Waals surface area contributed by atoms with E-state index in [4.69, 9.17) is 0 Å². The Bertz CT molecular complexity index is 628. The van der Waals surface area contributed by atoms with Crippen LogP contribution in [0.3, 0.4) is 0 Å². The van der Waals surface area contributed by atoms with Gasteiger partial charge in [-0.3, -0.25) is 9.69 Å². The first-order valence-electron chi connectivity index (χ1n) is 9.38. The summed E-state index contributed by atoms with van der Waals surface area (Å²) in [6.45, 7) is 5.67. The molecule has 3 heterocycles. The number of benzene rings is 1. The number of amides is 1. The number of fused-ring (bicyclic) bond motifs is 4. The third kappa shape index (κ3) is 3.08. The molecule has 0 N–H and O–H groups in total. The molecule has 1 amide bonds. The van der Waals surface area contributed by atoms with Crippen LogP contribution in [-0.4, -0.2) is 41.4 Å². The van der Waals surface area contributed by atoms with Gasteiger partial charge in [-0.1, -0.05) is 12.5 Å². The molecule has 5 rings (SSSR count). The van der Waals surface area contributed by atoms with E-state index in [1.807, 2.05) is 6.07 Å². The summed E-state index contributed by atoms with van der Waals surface area (Å²) in [5.74, 6) is 1.10. The number of rotatable bonds is 3. The normalized spacial score (nSPS) is 27.8. The van der Waals surface area contributed by atoms with Gasteiger partial charge >= 0.3 is 0 Å². The lowest BCUT2D eigenvalue weighted by Gasteiger charge is -2.36. The lowest BCUT2D eigenvalue weighted by Crippen LogP contribution is -2.45. The van der Waals surface area contributed by atoms with Crippen molar-refractivity contribution in [3.05, 3.63) is 35.1 Å². The zero-order valence-electron chi connectivity index (χ0n) is 14.5. The lowest BCUT2D eigenvalue weighted by atomic mass is 9.84. The first-order valence-corrected chi connectivity index (χ1v) is 9.38. The largest absolute Gasteiger partial charge is 0.341 e. The zero-order valence-corrected chi connectivity index (χ0v) is 14.5. The topological polar surface area (TPSA) is 23.6 Å².